The standard InChI is InChI=1S/C14H15FN2O3S/c1-9-2-3-10(14(15)4-9)8-20-12-5-11(16)6-13(7-12)21(17,18)19/h2-7H,8,16H2,1H3,(H2,17,18,19). The van der Waals surface area contributed by atoms with Gasteiger partial charge < -0.3 is 10.5 Å². The minimum absolute atomic E-state index is 0.0420. The van der Waals surface area contributed by atoms with Crippen LogP contribution in [-0.4, -0.2) is 8.42 Å². The molecule has 0 bridgehead atoms. The number of nitrogens with two attached hydrogens (primary N) is 2. The Labute approximate surface area is 122 Å². The minimum atomic E-state index is -3.88. The van der Waals surface area contributed by atoms with Crippen LogP contribution in [-0.2, 0) is 16.6 Å². The average Bonchev–Trinajstić information content (AvgIpc) is 2.36. The van der Waals surface area contributed by atoms with Crippen LogP contribution >= 0.6 is 0 Å². The fraction of sp³-hybridized carbons (Fsp3) is 0.143. The molecule has 0 saturated carbocycles. The molecule has 0 radical (unpaired) electrons. The highest BCUT2D eigenvalue weighted by Gasteiger charge is 2.11. The lowest BCUT2D eigenvalue weighted by atomic mass is 10.1. The third-order valence-corrected chi connectivity index (χ3v) is 3.73. The number of hydrogen-bond acceptors (Lipinski definition) is 4. The topological polar surface area (TPSA) is 95.4 Å². The van der Waals surface area contributed by atoms with Gasteiger partial charge in [-0.2, -0.15) is 0 Å². The summed E-state index contributed by atoms with van der Waals surface area (Å²) < 4.78 is 41.7. The molecule has 2 rings (SSSR count). The van der Waals surface area contributed by atoms with Gasteiger partial charge in [-0.15, -0.1) is 0 Å². The van der Waals surface area contributed by atoms with Gasteiger partial charge in [-0.1, -0.05) is 12.1 Å². The van der Waals surface area contributed by atoms with Crippen molar-refractivity contribution >= 4 is 15.7 Å². The molecule has 4 N–H and O–H groups in total. The normalized spacial score (nSPS) is 11.4. The van der Waals surface area contributed by atoms with Gasteiger partial charge >= 0.3 is 0 Å². The molecule has 0 atom stereocenters. The smallest absolute Gasteiger partial charge is 0.238 e. The fourth-order valence-corrected chi connectivity index (χ4v) is 2.35. The van der Waals surface area contributed by atoms with Crippen molar-refractivity contribution in [2.45, 2.75) is 18.4 Å². The predicted octanol–water partition coefficient (Wildman–Crippen LogP) is 1.94. The van der Waals surface area contributed by atoms with Gasteiger partial charge in [-0.25, -0.2) is 17.9 Å². The Morgan fingerprint density at radius 3 is 2.52 bits per heavy atom. The SMILES string of the molecule is Cc1ccc(COc2cc(N)cc(S(N)(=O)=O)c2)c(F)c1. The maximum atomic E-state index is 13.7. The number of anilines is 1. The summed E-state index contributed by atoms with van der Waals surface area (Å²) in [6.07, 6.45) is 0. The highest BCUT2D eigenvalue weighted by molar-refractivity contribution is 7.89. The zero-order valence-corrected chi connectivity index (χ0v) is 12.2. The third-order valence-electron chi connectivity index (χ3n) is 2.83. The third kappa shape index (κ3) is 3.93. The van der Waals surface area contributed by atoms with E-state index in [0.29, 0.717) is 5.56 Å². The monoisotopic (exact) mass is 310 g/mol. The molecular formula is C14H15FN2O3S. The van der Waals surface area contributed by atoms with Crippen LogP contribution in [0, 0.1) is 12.7 Å². The number of sulfonamides is 1. The molecule has 0 fully saturated rings. The van der Waals surface area contributed by atoms with E-state index in [-0.39, 0.29) is 28.8 Å². The Hall–Kier alpha value is -2.12. The van der Waals surface area contributed by atoms with Gasteiger partial charge in [-0.3, -0.25) is 0 Å². The number of rotatable bonds is 4. The van der Waals surface area contributed by atoms with E-state index in [1.54, 1.807) is 19.1 Å². The van der Waals surface area contributed by atoms with E-state index >= 15 is 0 Å². The Morgan fingerprint density at radius 2 is 1.90 bits per heavy atom. The van der Waals surface area contributed by atoms with Crippen molar-refractivity contribution in [2.75, 3.05) is 5.73 Å². The molecule has 0 aliphatic heterocycles. The van der Waals surface area contributed by atoms with Crippen LogP contribution in [0.15, 0.2) is 41.3 Å². The van der Waals surface area contributed by atoms with Crippen molar-refractivity contribution in [2.24, 2.45) is 5.14 Å². The molecule has 7 heteroatoms. The van der Waals surface area contributed by atoms with Crippen molar-refractivity contribution in [3.8, 4) is 5.75 Å². The van der Waals surface area contributed by atoms with Crippen LogP contribution in [0.5, 0.6) is 5.75 Å². The number of aryl methyl sites for hydroxylation is 1. The molecular weight excluding hydrogens is 295 g/mol. The second-order valence-corrected chi connectivity index (χ2v) is 6.23. The molecule has 0 spiro atoms. The summed E-state index contributed by atoms with van der Waals surface area (Å²) in [5.74, 6) is -0.176. The van der Waals surface area contributed by atoms with Gasteiger partial charge in [0.05, 0.1) is 4.90 Å². The Morgan fingerprint density at radius 1 is 1.19 bits per heavy atom. The molecule has 0 saturated heterocycles. The van der Waals surface area contributed by atoms with Crippen LogP contribution in [0.2, 0.25) is 0 Å². The van der Waals surface area contributed by atoms with E-state index in [1.165, 1.54) is 24.3 Å². The van der Waals surface area contributed by atoms with Gasteiger partial charge in [0.1, 0.15) is 18.2 Å². The van der Waals surface area contributed by atoms with Crippen LogP contribution in [0.25, 0.3) is 0 Å². The lowest BCUT2D eigenvalue weighted by molar-refractivity contribution is 0.299. The number of ether oxygens (including phenoxy) is 1. The first-order valence-corrected chi connectivity index (χ1v) is 7.61. The van der Waals surface area contributed by atoms with Crippen molar-refractivity contribution in [1.29, 1.82) is 0 Å². The van der Waals surface area contributed by atoms with E-state index < -0.39 is 10.0 Å². The first-order chi connectivity index (χ1) is 9.75. The first kappa shape index (κ1) is 15.3. The van der Waals surface area contributed by atoms with Crippen LogP contribution in [0.3, 0.4) is 0 Å². The molecule has 0 amide bonds. The van der Waals surface area contributed by atoms with Gasteiger partial charge in [0.2, 0.25) is 10.0 Å². The summed E-state index contributed by atoms with van der Waals surface area (Å²) in [7, 11) is -3.88. The Kier molecular flexibility index (Phi) is 4.15. The summed E-state index contributed by atoms with van der Waals surface area (Å²) in [6.45, 7) is 1.74. The zero-order chi connectivity index (χ0) is 15.6. The van der Waals surface area contributed by atoms with Crippen molar-refractivity contribution in [3.63, 3.8) is 0 Å². The summed E-state index contributed by atoms with van der Waals surface area (Å²) in [5.41, 5.74) is 6.96. The summed E-state index contributed by atoms with van der Waals surface area (Å²) >= 11 is 0. The van der Waals surface area contributed by atoms with E-state index in [4.69, 9.17) is 15.6 Å². The van der Waals surface area contributed by atoms with Crippen molar-refractivity contribution in [1.82, 2.24) is 0 Å². The summed E-state index contributed by atoms with van der Waals surface area (Å²) in [4.78, 5) is -0.151. The number of halogens is 1. The number of nitrogen functional groups attached to an aromatic ring is 1. The highest BCUT2D eigenvalue weighted by atomic mass is 32.2. The van der Waals surface area contributed by atoms with Crippen LogP contribution < -0.4 is 15.6 Å². The van der Waals surface area contributed by atoms with E-state index in [2.05, 4.69) is 0 Å². The maximum Gasteiger partial charge on any atom is 0.238 e. The second-order valence-electron chi connectivity index (χ2n) is 4.67. The number of hydrogen-bond donors (Lipinski definition) is 2. The van der Waals surface area contributed by atoms with Gasteiger partial charge in [0.15, 0.2) is 0 Å². The van der Waals surface area contributed by atoms with Crippen molar-refractivity contribution in [3.05, 3.63) is 53.3 Å². The highest BCUT2D eigenvalue weighted by Crippen LogP contribution is 2.23. The van der Waals surface area contributed by atoms with Crippen molar-refractivity contribution < 1.29 is 17.5 Å². The largest absolute Gasteiger partial charge is 0.489 e. The Bertz CT molecular complexity index is 776. The predicted molar refractivity (Wildman–Crippen MR) is 77.7 cm³/mol. The Balaban J connectivity index is 2.22. The molecule has 2 aromatic rings. The summed E-state index contributed by atoms with van der Waals surface area (Å²) in [5, 5.41) is 5.04. The lowest BCUT2D eigenvalue weighted by Crippen LogP contribution is -2.12. The van der Waals surface area contributed by atoms with Gasteiger partial charge in [-0.05, 0) is 24.6 Å². The average molecular weight is 310 g/mol. The number of primary sulfonamides is 1. The minimum Gasteiger partial charge on any atom is -0.489 e. The molecule has 0 aromatic heterocycles. The lowest BCUT2D eigenvalue weighted by Gasteiger charge is -2.10. The molecule has 5 nitrogen and oxygen atoms in total. The van der Waals surface area contributed by atoms with E-state index in [1.807, 2.05) is 0 Å². The van der Waals surface area contributed by atoms with Crippen LogP contribution in [0.4, 0.5) is 10.1 Å². The maximum absolute atomic E-state index is 13.7. The zero-order valence-electron chi connectivity index (χ0n) is 11.3. The van der Waals surface area contributed by atoms with Crippen LogP contribution in [0.1, 0.15) is 11.1 Å². The second kappa shape index (κ2) is 5.71. The molecule has 0 heterocycles. The molecule has 0 aliphatic carbocycles. The number of benzene rings is 2. The fourth-order valence-electron chi connectivity index (χ4n) is 1.77. The first-order valence-electron chi connectivity index (χ1n) is 6.07. The molecule has 21 heavy (non-hydrogen) atoms. The summed E-state index contributed by atoms with van der Waals surface area (Å²) in [6, 6.07) is 8.69. The molecule has 0 unspecified atom stereocenters. The van der Waals surface area contributed by atoms with Gasteiger partial charge in [0.25, 0.3) is 0 Å². The molecule has 2 aromatic carbocycles. The van der Waals surface area contributed by atoms with E-state index in [9.17, 15) is 12.8 Å². The molecule has 0 aliphatic rings. The van der Waals surface area contributed by atoms with Gasteiger partial charge in [0, 0.05) is 23.4 Å². The quantitative estimate of drug-likeness (QED) is 0.844. The van der Waals surface area contributed by atoms with E-state index in [0.717, 1.165) is 5.56 Å². The molecule has 112 valence electrons.